The fourth-order valence-corrected chi connectivity index (χ4v) is 2.35. The molecule has 0 aromatic carbocycles. The molecule has 0 unspecified atom stereocenters. The standard InChI is InChI=1S/C16H36N2/c1-3-4-5-6-7-8-9-10-11-12-13-14-15-16(2,17)18/h3-15,17-18H2,1-2H3. The zero-order valence-electron chi connectivity index (χ0n) is 12.8. The normalized spacial score (nSPS) is 12.0. The van der Waals surface area contributed by atoms with Gasteiger partial charge in [-0.1, -0.05) is 84.0 Å². The van der Waals surface area contributed by atoms with Gasteiger partial charge in [0.1, 0.15) is 0 Å². The topological polar surface area (TPSA) is 52.0 Å². The summed E-state index contributed by atoms with van der Waals surface area (Å²) in [4.78, 5) is 0. The van der Waals surface area contributed by atoms with Gasteiger partial charge in [-0.15, -0.1) is 0 Å². The van der Waals surface area contributed by atoms with E-state index in [0.29, 0.717) is 0 Å². The van der Waals surface area contributed by atoms with Gasteiger partial charge in [0.2, 0.25) is 0 Å². The minimum atomic E-state index is -0.460. The van der Waals surface area contributed by atoms with Crippen molar-refractivity contribution < 1.29 is 0 Å². The van der Waals surface area contributed by atoms with E-state index in [2.05, 4.69) is 6.92 Å². The second kappa shape index (κ2) is 12.0. The Morgan fingerprint density at radius 3 is 1.28 bits per heavy atom. The summed E-state index contributed by atoms with van der Waals surface area (Å²) in [6.07, 6.45) is 17.5. The molecule has 0 fully saturated rings. The van der Waals surface area contributed by atoms with Crippen LogP contribution in [-0.2, 0) is 0 Å². The predicted octanol–water partition coefficient (Wildman–Crippen LogP) is 4.71. The van der Waals surface area contributed by atoms with Gasteiger partial charge in [0.15, 0.2) is 0 Å². The van der Waals surface area contributed by atoms with Crippen LogP contribution in [0.5, 0.6) is 0 Å². The van der Waals surface area contributed by atoms with Gasteiger partial charge in [-0.25, -0.2) is 0 Å². The molecule has 2 nitrogen and oxygen atoms in total. The van der Waals surface area contributed by atoms with E-state index in [0.717, 1.165) is 6.42 Å². The molecule has 110 valence electrons. The van der Waals surface area contributed by atoms with E-state index in [9.17, 15) is 0 Å². The van der Waals surface area contributed by atoms with E-state index in [1.807, 2.05) is 6.92 Å². The van der Waals surface area contributed by atoms with Crippen molar-refractivity contribution in [1.82, 2.24) is 0 Å². The quantitative estimate of drug-likeness (QED) is 0.370. The Bertz CT molecular complexity index is 161. The molecule has 0 bridgehead atoms. The minimum Gasteiger partial charge on any atom is -0.314 e. The summed E-state index contributed by atoms with van der Waals surface area (Å²) in [6.45, 7) is 4.18. The molecule has 0 aromatic heterocycles. The van der Waals surface area contributed by atoms with Gasteiger partial charge in [-0.2, -0.15) is 0 Å². The highest BCUT2D eigenvalue weighted by molar-refractivity contribution is 4.68. The Balaban J connectivity index is 2.99. The average Bonchev–Trinajstić information content (AvgIpc) is 2.29. The van der Waals surface area contributed by atoms with Gasteiger partial charge in [0, 0.05) is 0 Å². The molecule has 0 rings (SSSR count). The third kappa shape index (κ3) is 15.9. The largest absolute Gasteiger partial charge is 0.314 e. The Morgan fingerprint density at radius 1 is 0.611 bits per heavy atom. The fraction of sp³-hybridized carbons (Fsp3) is 1.00. The zero-order chi connectivity index (χ0) is 13.7. The monoisotopic (exact) mass is 256 g/mol. The molecule has 0 saturated carbocycles. The molecule has 0 heterocycles. The molecule has 4 N–H and O–H groups in total. The zero-order valence-corrected chi connectivity index (χ0v) is 12.8. The lowest BCUT2D eigenvalue weighted by Gasteiger charge is -2.17. The molecular formula is C16H36N2. The van der Waals surface area contributed by atoms with Crippen molar-refractivity contribution in [2.24, 2.45) is 11.5 Å². The number of rotatable bonds is 13. The first kappa shape index (κ1) is 17.9. The molecule has 18 heavy (non-hydrogen) atoms. The molecular weight excluding hydrogens is 220 g/mol. The highest BCUT2D eigenvalue weighted by atomic mass is 14.9. The second-order valence-electron chi connectivity index (χ2n) is 6.14. The van der Waals surface area contributed by atoms with Crippen LogP contribution in [0.4, 0.5) is 0 Å². The van der Waals surface area contributed by atoms with Gasteiger partial charge in [-0.05, 0) is 13.3 Å². The molecule has 0 aliphatic rings. The first-order valence-corrected chi connectivity index (χ1v) is 8.14. The summed E-state index contributed by atoms with van der Waals surface area (Å²) in [5.41, 5.74) is 11.0. The maximum atomic E-state index is 5.74. The third-order valence-electron chi connectivity index (χ3n) is 3.57. The Hall–Kier alpha value is -0.0800. The van der Waals surface area contributed by atoms with Crippen LogP contribution in [0.1, 0.15) is 97.3 Å². The van der Waals surface area contributed by atoms with Gasteiger partial charge < -0.3 is 11.5 Å². The van der Waals surface area contributed by atoms with Crippen LogP contribution in [0.2, 0.25) is 0 Å². The second-order valence-corrected chi connectivity index (χ2v) is 6.14. The predicted molar refractivity (Wildman–Crippen MR) is 82.5 cm³/mol. The first-order valence-electron chi connectivity index (χ1n) is 8.14. The van der Waals surface area contributed by atoms with Crippen LogP contribution in [-0.4, -0.2) is 5.66 Å². The van der Waals surface area contributed by atoms with E-state index >= 15 is 0 Å². The van der Waals surface area contributed by atoms with Crippen LogP contribution in [0.15, 0.2) is 0 Å². The molecule has 2 heteroatoms. The van der Waals surface area contributed by atoms with E-state index in [4.69, 9.17) is 11.5 Å². The van der Waals surface area contributed by atoms with E-state index < -0.39 is 5.66 Å². The van der Waals surface area contributed by atoms with Gasteiger partial charge in [0.05, 0.1) is 5.66 Å². The summed E-state index contributed by atoms with van der Waals surface area (Å²) < 4.78 is 0. The maximum absolute atomic E-state index is 5.74. The summed E-state index contributed by atoms with van der Waals surface area (Å²) in [5.74, 6) is 0. The lowest BCUT2D eigenvalue weighted by Crippen LogP contribution is -2.45. The van der Waals surface area contributed by atoms with Crippen LogP contribution < -0.4 is 11.5 Å². The van der Waals surface area contributed by atoms with Crippen molar-refractivity contribution in [1.29, 1.82) is 0 Å². The smallest absolute Gasteiger partial charge is 0.0607 e. The molecule has 0 aliphatic carbocycles. The number of nitrogens with two attached hydrogens (primary N) is 2. The average molecular weight is 256 g/mol. The highest BCUT2D eigenvalue weighted by Gasteiger charge is 2.09. The Labute approximate surface area is 115 Å². The maximum Gasteiger partial charge on any atom is 0.0607 e. The first-order chi connectivity index (χ1) is 8.56. The Kier molecular flexibility index (Phi) is 11.9. The summed E-state index contributed by atoms with van der Waals surface area (Å²) in [5, 5.41) is 0. The Morgan fingerprint density at radius 2 is 0.944 bits per heavy atom. The third-order valence-corrected chi connectivity index (χ3v) is 3.57. The lowest BCUT2D eigenvalue weighted by atomic mass is 10.0. The van der Waals surface area contributed by atoms with Crippen LogP contribution in [0.3, 0.4) is 0 Å². The van der Waals surface area contributed by atoms with Gasteiger partial charge >= 0.3 is 0 Å². The van der Waals surface area contributed by atoms with E-state index in [1.165, 1.54) is 77.0 Å². The summed E-state index contributed by atoms with van der Waals surface area (Å²) >= 11 is 0. The summed E-state index contributed by atoms with van der Waals surface area (Å²) in [7, 11) is 0. The van der Waals surface area contributed by atoms with Crippen LogP contribution in [0.25, 0.3) is 0 Å². The molecule has 0 atom stereocenters. The van der Waals surface area contributed by atoms with E-state index in [-0.39, 0.29) is 0 Å². The SMILES string of the molecule is CCCCCCCCCCCCCCC(C)(N)N. The van der Waals surface area contributed by atoms with Crippen molar-refractivity contribution in [3.63, 3.8) is 0 Å². The number of unbranched alkanes of at least 4 members (excludes halogenated alkanes) is 11. The summed E-state index contributed by atoms with van der Waals surface area (Å²) in [6, 6.07) is 0. The van der Waals surface area contributed by atoms with Gasteiger partial charge in [0.25, 0.3) is 0 Å². The molecule has 0 aromatic rings. The molecule has 0 amide bonds. The molecule has 0 radical (unpaired) electrons. The fourth-order valence-electron chi connectivity index (χ4n) is 2.35. The highest BCUT2D eigenvalue weighted by Crippen LogP contribution is 2.13. The van der Waals surface area contributed by atoms with Crippen molar-refractivity contribution in [2.45, 2.75) is 103 Å². The number of hydrogen-bond donors (Lipinski definition) is 2. The van der Waals surface area contributed by atoms with E-state index in [1.54, 1.807) is 0 Å². The lowest BCUT2D eigenvalue weighted by molar-refractivity contribution is 0.420. The van der Waals surface area contributed by atoms with Crippen molar-refractivity contribution in [2.75, 3.05) is 0 Å². The van der Waals surface area contributed by atoms with Crippen LogP contribution in [0, 0.1) is 0 Å². The molecule has 0 spiro atoms. The van der Waals surface area contributed by atoms with Gasteiger partial charge in [-0.3, -0.25) is 0 Å². The van der Waals surface area contributed by atoms with Crippen LogP contribution >= 0.6 is 0 Å². The number of hydrogen-bond acceptors (Lipinski definition) is 2. The van der Waals surface area contributed by atoms with Crippen molar-refractivity contribution in [3.8, 4) is 0 Å². The molecule has 0 aliphatic heterocycles. The van der Waals surface area contributed by atoms with Crippen molar-refractivity contribution >= 4 is 0 Å². The van der Waals surface area contributed by atoms with Crippen molar-refractivity contribution in [3.05, 3.63) is 0 Å². The molecule has 0 saturated heterocycles. The minimum absolute atomic E-state index is 0.460.